The van der Waals surface area contributed by atoms with Crippen molar-refractivity contribution in [2.24, 2.45) is 5.41 Å². The molecule has 1 aliphatic rings. The summed E-state index contributed by atoms with van der Waals surface area (Å²) in [6.45, 7) is 5.50. The minimum Gasteiger partial charge on any atom is -0.355 e. The summed E-state index contributed by atoms with van der Waals surface area (Å²) in [6, 6.07) is 2.25. The molecule has 0 bridgehead atoms. The fourth-order valence-corrected chi connectivity index (χ4v) is 1.83. The molecule has 2 N–H and O–H groups in total. The number of carbonyl (C=O) groups is 1. The van der Waals surface area contributed by atoms with Crippen LogP contribution in [0.25, 0.3) is 0 Å². The number of amides is 1. The van der Waals surface area contributed by atoms with E-state index in [4.69, 9.17) is 5.26 Å². The van der Waals surface area contributed by atoms with Crippen molar-refractivity contribution < 1.29 is 4.79 Å². The molecule has 90 valence electrons. The number of nitriles is 1. The first-order valence-electron chi connectivity index (χ1n) is 5.97. The van der Waals surface area contributed by atoms with Crippen LogP contribution in [0.4, 0.5) is 0 Å². The smallest absolute Gasteiger partial charge is 0.237 e. The lowest BCUT2D eigenvalue weighted by molar-refractivity contribution is -0.124. The first kappa shape index (κ1) is 13.0. The maximum atomic E-state index is 11.4. The molecule has 0 aliphatic carbocycles. The topological polar surface area (TPSA) is 64.9 Å². The number of hydrogen-bond acceptors (Lipinski definition) is 3. The molecule has 1 aliphatic heterocycles. The minimum absolute atomic E-state index is 0.0288. The van der Waals surface area contributed by atoms with Crippen molar-refractivity contribution in [3.05, 3.63) is 0 Å². The van der Waals surface area contributed by atoms with Crippen molar-refractivity contribution in [2.75, 3.05) is 13.1 Å². The summed E-state index contributed by atoms with van der Waals surface area (Å²) in [6.07, 6.45) is 3.77. The predicted octanol–water partition coefficient (Wildman–Crippen LogP) is 1.18. The molecule has 0 aromatic heterocycles. The molecule has 0 radical (unpaired) electrons. The molecule has 0 aromatic carbocycles. The van der Waals surface area contributed by atoms with Gasteiger partial charge in [-0.1, -0.05) is 0 Å². The molecule has 4 nitrogen and oxygen atoms in total. The second kappa shape index (κ2) is 5.86. The zero-order valence-electron chi connectivity index (χ0n) is 10.2. The van der Waals surface area contributed by atoms with Gasteiger partial charge < -0.3 is 10.6 Å². The monoisotopic (exact) mass is 223 g/mol. The molecule has 16 heavy (non-hydrogen) atoms. The van der Waals surface area contributed by atoms with Crippen LogP contribution in [-0.2, 0) is 4.79 Å². The second-order valence-electron chi connectivity index (χ2n) is 5.04. The van der Waals surface area contributed by atoms with Crippen LogP contribution in [0.15, 0.2) is 0 Å². The highest BCUT2D eigenvalue weighted by Crippen LogP contribution is 2.20. The minimum atomic E-state index is -0.253. The molecule has 1 amide bonds. The lowest BCUT2D eigenvalue weighted by atomic mass is 9.90. The van der Waals surface area contributed by atoms with Gasteiger partial charge in [0.2, 0.25) is 5.91 Å². The van der Waals surface area contributed by atoms with Gasteiger partial charge in [0.05, 0.1) is 17.5 Å². The second-order valence-corrected chi connectivity index (χ2v) is 5.04. The molecule has 1 saturated heterocycles. The molecular formula is C12H21N3O. The summed E-state index contributed by atoms with van der Waals surface area (Å²) in [4.78, 5) is 11.4. The van der Waals surface area contributed by atoms with Crippen molar-refractivity contribution in [2.45, 2.75) is 45.6 Å². The third-order valence-corrected chi connectivity index (χ3v) is 2.96. The van der Waals surface area contributed by atoms with Crippen LogP contribution in [-0.4, -0.2) is 25.0 Å². The Kier molecular flexibility index (Phi) is 4.75. The maximum Gasteiger partial charge on any atom is 0.237 e. The van der Waals surface area contributed by atoms with Gasteiger partial charge in [0.15, 0.2) is 0 Å². The van der Waals surface area contributed by atoms with Gasteiger partial charge in [-0.2, -0.15) is 5.26 Å². The van der Waals surface area contributed by atoms with Gasteiger partial charge in [0.1, 0.15) is 0 Å². The van der Waals surface area contributed by atoms with E-state index in [2.05, 4.69) is 16.7 Å². The van der Waals surface area contributed by atoms with E-state index in [0.717, 1.165) is 38.8 Å². The highest BCUT2D eigenvalue weighted by atomic mass is 16.2. The van der Waals surface area contributed by atoms with Gasteiger partial charge in [0, 0.05) is 6.54 Å². The molecule has 1 atom stereocenters. The van der Waals surface area contributed by atoms with Crippen LogP contribution >= 0.6 is 0 Å². The Hall–Kier alpha value is -1.08. The SMILES string of the molecule is CC(C)(C#N)CCCNC1CCCNC1=O. The summed E-state index contributed by atoms with van der Waals surface area (Å²) in [5, 5.41) is 14.9. The van der Waals surface area contributed by atoms with E-state index >= 15 is 0 Å². The fourth-order valence-electron chi connectivity index (χ4n) is 1.83. The van der Waals surface area contributed by atoms with E-state index in [1.165, 1.54) is 0 Å². The Labute approximate surface area is 97.4 Å². The molecule has 1 rings (SSSR count). The van der Waals surface area contributed by atoms with Crippen LogP contribution in [0.3, 0.4) is 0 Å². The summed E-state index contributed by atoms with van der Waals surface area (Å²) in [7, 11) is 0. The highest BCUT2D eigenvalue weighted by molar-refractivity contribution is 5.82. The van der Waals surface area contributed by atoms with Crippen molar-refractivity contribution in [1.82, 2.24) is 10.6 Å². The largest absolute Gasteiger partial charge is 0.355 e. The van der Waals surface area contributed by atoms with Crippen LogP contribution in [0.2, 0.25) is 0 Å². The van der Waals surface area contributed by atoms with Gasteiger partial charge in [-0.05, 0) is 46.1 Å². The van der Waals surface area contributed by atoms with E-state index in [0.29, 0.717) is 0 Å². The molecule has 0 spiro atoms. The molecular weight excluding hydrogens is 202 g/mol. The van der Waals surface area contributed by atoms with Crippen LogP contribution in [0, 0.1) is 16.7 Å². The van der Waals surface area contributed by atoms with Crippen molar-refractivity contribution in [3.63, 3.8) is 0 Å². The molecule has 0 saturated carbocycles. The Balaban J connectivity index is 2.16. The van der Waals surface area contributed by atoms with E-state index in [1.54, 1.807) is 0 Å². The van der Waals surface area contributed by atoms with Gasteiger partial charge >= 0.3 is 0 Å². The van der Waals surface area contributed by atoms with Gasteiger partial charge in [0.25, 0.3) is 0 Å². The zero-order valence-corrected chi connectivity index (χ0v) is 10.2. The standard InChI is InChI=1S/C12H21N3O/c1-12(2,9-13)6-4-8-14-10-5-3-7-15-11(10)16/h10,14H,3-8H2,1-2H3,(H,15,16). The summed E-state index contributed by atoms with van der Waals surface area (Å²) in [5.74, 6) is 0.116. The molecule has 1 fully saturated rings. The first-order chi connectivity index (χ1) is 7.55. The Morgan fingerprint density at radius 2 is 2.38 bits per heavy atom. The van der Waals surface area contributed by atoms with Crippen LogP contribution in [0.1, 0.15) is 39.5 Å². The third-order valence-electron chi connectivity index (χ3n) is 2.96. The highest BCUT2D eigenvalue weighted by Gasteiger charge is 2.21. The lowest BCUT2D eigenvalue weighted by Gasteiger charge is -2.23. The van der Waals surface area contributed by atoms with E-state index in [-0.39, 0.29) is 17.4 Å². The number of nitrogens with zero attached hydrogens (tertiary/aromatic N) is 1. The Bertz CT molecular complexity index is 280. The van der Waals surface area contributed by atoms with Crippen LogP contribution < -0.4 is 10.6 Å². The summed E-state index contributed by atoms with van der Waals surface area (Å²) < 4.78 is 0. The average Bonchev–Trinajstić information content (AvgIpc) is 2.27. The normalized spacial score (nSPS) is 21.3. The average molecular weight is 223 g/mol. The van der Waals surface area contributed by atoms with Crippen LogP contribution in [0.5, 0.6) is 0 Å². The lowest BCUT2D eigenvalue weighted by Crippen LogP contribution is -2.48. The molecule has 1 unspecified atom stereocenters. The summed E-state index contributed by atoms with van der Waals surface area (Å²) >= 11 is 0. The maximum absolute atomic E-state index is 11.4. The molecule has 1 heterocycles. The van der Waals surface area contributed by atoms with E-state index < -0.39 is 0 Å². The third kappa shape index (κ3) is 4.19. The van der Waals surface area contributed by atoms with Gasteiger partial charge in [-0.3, -0.25) is 4.79 Å². The van der Waals surface area contributed by atoms with Crippen molar-refractivity contribution in [3.8, 4) is 6.07 Å². The predicted molar refractivity (Wildman–Crippen MR) is 62.7 cm³/mol. The van der Waals surface area contributed by atoms with Crippen molar-refractivity contribution >= 4 is 5.91 Å². The van der Waals surface area contributed by atoms with Crippen molar-refractivity contribution in [1.29, 1.82) is 5.26 Å². The van der Waals surface area contributed by atoms with E-state index in [9.17, 15) is 4.79 Å². The summed E-state index contributed by atoms with van der Waals surface area (Å²) in [5.41, 5.74) is -0.253. The fraction of sp³-hybridized carbons (Fsp3) is 0.833. The number of piperidine rings is 1. The number of carbonyl (C=O) groups excluding carboxylic acids is 1. The zero-order chi connectivity index (χ0) is 12.0. The number of rotatable bonds is 5. The Morgan fingerprint density at radius 1 is 1.62 bits per heavy atom. The Morgan fingerprint density at radius 3 is 3.00 bits per heavy atom. The van der Waals surface area contributed by atoms with E-state index in [1.807, 2.05) is 13.8 Å². The molecule has 4 heteroatoms. The molecule has 0 aromatic rings. The number of hydrogen-bond donors (Lipinski definition) is 2. The van der Waals surface area contributed by atoms with Gasteiger partial charge in [-0.25, -0.2) is 0 Å². The number of nitrogens with one attached hydrogen (secondary N) is 2. The quantitative estimate of drug-likeness (QED) is 0.688. The first-order valence-corrected chi connectivity index (χ1v) is 5.97. The van der Waals surface area contributed by atoms with Gasteiger partial charge in [-0.15, -0.1) is 0 Å².